The van der Waals surface area contributed by atoms with Gasteiger partial charge in [-0.15, -0.1) is 0 Å². The Kier molecular flexibility index (Phi) is 6.25. The molecular formula is C13H17N3O4S2. The number of nitrogens with one attached hydrogen (secondary N) is 1. The van der Waals surface area contributed by atoms with Crippen LogP contribution in [0.3, 0.4) is 0 Å². The van der Waals surface area contributed by atoms with E-state index in [2.05, 4.69) is 10.3 Å². The van der Waals surface area contributed by atoms with Gasteiger partial charge in [-0.05, 0) is 19.1 Å². The number of esters is 1. The van der Waals surface area contributed by atoms with Crippen molar-refractivity contribution in [1.29, 1.82) is 0 Å². The number of rotatable bonds is 8. The van der Waals surface area contributed by atoms with Crippen molar-refractivity contribution in [2.24, 2.45) is 0 Å². The van der Waals surface area contributed by atoms with Gasteiger partial charge in [0, 0.05) is 13.1 Å². The number of hydrogen-bond acceptors (Lipinski definition) is 6. The quantitative estimate of drug-likeness (QED) is 0.428. The highest BCUT2D eigenvalue weighted by Gasteiger charge is 2.16. The molecule has 22 heavy (non-hydrogen) atoms. The minimum Gasteiger partial charge on any atom is -0.465 e. The lowest BCUT2D eigenvalue weighted by atomic mass is 10.3. The summed E-state index contributed by atoms with van der Waals surface area (Å²) in [6.07, 6.45) is 0. The van der Waals surface area contributed by atoms with Gasteiger partial charge in [-0.3, -0.25) is 9.35 Å². The van der Waals surface area contributed by atoms with Crippen molar-refractivity contribution in [1.82, 2.24) is 10.3 Å². The molecular weight excluding hydrogens is 326 g/mol. The second-order valence-electron chi connectivity index (χ2n) is 4.28. The van der Waals surface area contributed by atoms with Crippen molar-refractivity contribution in [2.75, 3.05) is 30.5 Å². The first-order valence-corrected chi connectivity index (χ1v) is 8.60. The number of nitrogens with zero attached hydrogens (tertiary/aromatic N) is 2. The van der Waals surface area contributed by atoms with Crippen LogP contribution in [0.15, 0.2) is 24.3 Å². The summed E-state index contributed by atoms with van der Waals surface area (Å²) in [5, 5.41) is 3.35. The number of carbonyl (C=O) groups excluding carboxylic acids is 1. The van der Waals surface area contributed by atoms with E-state index in [0.29, 0.717) is 18.3 Å². The molecule has 0 aliphatic heterocycles. The summed E-state index contributed by atoms with van der Waals surface area (Å²) < 4.78 is 27.9. The van der Waals surface area contributed by atoms with E-state index in [1.54, 1.807) is 6.92 Å². The first kappa shape index (κ1) is 16.8. The largest absolute Gasteiger partial charge is 0.465 e. The molecule has 0 amide bonds. The molecule has 0 aliphatic rings. The maximum Gasteiger partial charge on any atom is 0.319 e. The molecule has 1 aromatic heterocycles. The van der Waals surface area contributed by atoms with E-state index in [4.69, 9.17) is 4.74 Å². The van der Waals surface area contributed by atoms with Crippen molar-refractivity contribution < 1.29 is 18.3 Å². The molecule has 2 rings (SSSR count). The summed E-state index contributed by atoms with van der Waals surface area (Å²) >= 11 is -0.825. The fourth-order valence-corrected chi connectivity index (χ4v) is 3.41. The molecule has 1 aromatic carbocycles. The summed E-state index contributed by atoms with van der Waals surface area (Å²) in [6.45, 7) is 2.75. The third-order valence-corrected chi connectivity index (χ3v) is 4.66. The Bertz CT molecular complexity index is 629. The standard InChI is InChI=1S/C13H17N3O4S2/c1-2-20-12(17)9-14-7-8-16(22(18)19)13-15-10-5-3-4-6-11(10)21-13/h3-6,14H,2,7-9H2,1H3,(H,18,19). The van der Waals surface area contributed by atoms with Gasteiger partial charge < -0.3 is 10.1 Å². The number of para-hydroxylation sites is 1. The minimum atomic E-state index is -2.17. The predicted molar refractivity (Wildman–Crippen MR) is 87.2 cm³/mol. The van der Waals surface area contributed by atoms with Gasteiger partial charge in [-0.25, -0.2) is 13.5 Å². The molecule has 0 bridgehead atoms. The van der Waals surface area contributed by atoms with E-state index < -0.39 is 11.3 Å². The molecule has 0 aliphatic carbocycles. The number of hydrogen-bond donors (Lipinski definition) is 2. The number of carbonyl (C=O) groups is 1. The molecule has 2 N–H and O–H groups in total. The van der Waals surface area contributed by atoms with Crippen LogP contribution in [-0.4, -0.2) is 46.0 Å². The van der Waals surface area contributed by atoms with Gasteiger partial charge in [0.2, 0.25) is 0 Å². The highest BCUT2D eigenvalue weighted by Crippen LogP contribution is 2.28. The Hall–Kier alpha value is -1.55. The molecule has 1 unspecified atom stereocenters. The minimum absolute atomic E-state index is 0.0690. The van der Waals surface area contributed by atoms with E-state index >= 15 is 0 Å². The van der Waals surface area contributed by atoms with Crippen LogP contribution in [0, 0.1) is 0 Å². The summed E-state index contributed by atoms with van der Waals surface area (Å²) in [5.41, 5.74) is 0.789. The maximum absolute atomic E-state index is 11.5. The highest BCUT2D eigenvalue weighted by molar-refractivity contribution is 7.81. The van der Waals surface area contributed by atoms with Gasteiger partial charge in [0.1, 0.15) is 0 Å². The van der Waals surface area contributed by atoms with E-state index in [-0.39, 0.29) is 19.1 Å². The molecule has 0 radical (unpaired) electrons. The topological polar surface area (TPSA) is 91.8 Å². The van der Waals surface area contributed by atoms with Crippen LogP contribution in [0.5, 0.6) is 0 Å². The number of benzene rings is 1. The van der Waals surface area contributed by atoms with E-state index in [0.717, 1.165) is 10.2 Å². The molecule has 0 fully saturated rings. The molecule has 0 spiro atoms. The van der Waals surface area contributed by atoms with E-state index in [1.165, 1.54) is 15.6 Å². The first-order chi connectivity index (χ1) is 10.6. The Labute approximate surface area is 134 Å². The van der Waals surface area contributed by atoms with E-state index in [1.807, 2.05) is 24.3 Å². The maximum atomic E-state index is 11.5. The lowest BCUT2D eigenvalue weighted by Gasteiger charge is -2.16. The summed E-state index contributed by atoms with van der Waals surface area (Å²) in [4.78, 5) is 15.5. The first-order valence-electron chi connectivity index (χ1n) is 6.72. The van der Waals surface area contributed by atoms with Gasteiger partial charge in [-0.2, -0.15) is 0 Å². The van der Waals surface area contributed by atoms with Gasteiger partial charge in [0.05, 0.1) is 23.4 Å². The third kappa shape index (κ3) is 4.47. The number of thiazole rings is 1. The normalized spacial score (nSPS) is 12.3. The zero-order chi connectivity index (χ0) is 15.9. The van der Waals surface area contributed by atoms with Crippen molar-refractivity contribution in [3.63, 3.8) is 0 Å². The molecule has 7 nitrogen and oxygen atoms in total. The number of anilines is 1. The van der Waals surface area contributed by atoms with Crippen LogP contribution in [0.4, 0.5) is 5.13 Å². The van der Waals surface area contributed by atoms with Gasteiger partial charge >= 0.3 is 5.97 Å². The molecule has 1 atom stereocenters. The van der Waals surface area contributed by atoms with Crippen molar-refractivity contribution in [3.05, 3.63) is 24.3 Å². The second-order valence-corrected chi connectivity index (χ2v) is 6.19. The number of aromatic nitrogens is 1. The zero-order valence-corrected chi connectivity index (χ0v) is 13.7. The zero-order valence-electron chi connectivity index (χ0n) is 12.0. The van der Waals surface area contributed by atoms with Crippen LogP contribution in [0.2, 0.25) is 0 Å². The SMILES string of the molecule is CCOC(=O)CNCCN(c1nc2ccccc2s1)S(=O)O. The molecule has 0 saturated carbocycles. The Morgan fingerprint density at radius 1 is 1.50 bits per heavy atom. The lowest BCUT2D eigenvalue weighted by Crippen LogP contribution is -2.35. The van der Waals surface area contributed by atoms with Crippen LogP contribution in [0.25, 0.3) is 10.2 Å². The van der Waals surface area contributed by atoms with Gasteiger partial charge in [-0.1, -0.05) is 23.5 Å². The van der Waals surface area contributed by atoms with Gasteiger partial charge in [0.15, 0.2) is 5.13 Å². The molecule has 0 saturated heterocycles. The van der Waals surface area contributed by atoms with E-state index in [9.17, 15) is 13.6 Å². The van der Waals surface area contributed by atoms with Crippen LogP contribution >= 0.6 is 11.3 Å². The monoisotopic (exact) mass is 343 g/mol. The highest BCUT2D eigenvalue weighted by atomic mass is 32.2. The van der Waals surface area contributed by atoms with Crippen LogP contribution in [-0.2, 0) is 20.8 Å². The second kappa shape index (κ2) is 8.18. The summed E-state index contributed by atoms with van der Waals surface area (Å²) in [7, 11) is 0. The molecule has 120 valence electrons. The Balaban J connectivity index is 1.95. The average molecular weight is 343 g/mol. The fraction of sp³-hybridized carbons (Fsp3) is 0.385. The molecule has 1 heterocycles. The van der Waals surface area contributed by atoms with Crippen LogP contribution < -0.4 is 9.62 Å². The molecule has 9 heteroatoms. The fourth-order valence-electron chi connectivity index (χ4n) is 1.79. The summed E-state index contributed by atoms with van der Waals surface area (Å²) in [5.74, 6) is -0.348. The number of fused-ring (bicyclic) bond motifs is 1. The van der Waals surface area contributed by atoms with Crippen LogP contribution in [0.1, 0.15) is 6.92 Å². The Morgan fingerprint density at radius 3 is 2.95 bits per heavy atom. The van der Waals surface area contributed by atoms with Crippen molar-refractivity contribution in [3.8, 4) is 0 Å². The van der Waals surface area contributed by atoms with Crippen molar-refractivity contribution in [2.45, 2.75) is 6.92 Å². The van der Waals surface area contributed by atoms with Crippen molar-refractivity contribution >= 4 is 43.9 Å². The Morgan fingerprint density at radius 2 is 2.27 bits per heavy atom. The van der Waals surface area contributed by atoms with Gasteiger partial charge in [0.25, 0.3) is 11.3 Å². The predicted octanol–water partition coefficient (Wildman–Crippen LogP) is 1.39. The summed E-state index contributed by atoms with van der Waals surface area (Å²) in [6, 6.07) is 7.53. The number of ether oxygens (including phenoxy) is 1. The third-order valence-electron chi connectivity index (χ3n) is 2.75. The average Bonchev–Trinajstić information content (AvgIpc) is 2.90. The smallest absolute Gasteiger partial charge is 0.319 e. The molecule has 2 aromatic rings. The lowest BCUT2D eigenvalue weighted by molar-refractivity contribution is -0.141.